The molecule has 2 fully saturated rings. The van der Waals surface area contributed by atoms with Gasteiger partial charge in [-0.3, -0.25) is 4.79 Å². The average Bonchev–Trinajstić information content (AvgIpc) is 2.73. The first-order valence-corrected chi connectivity index (χ1v) is 8.02. The maximum Gasteiger partial charge on any atom is 0.241 e. The summed E-state index contributed by atoms with van der Waals surface area (Å²) in [5, 5.41) is 11.8. The lowest BCUT2D eigenvalue weighted by Crippen LogP contribution is -2.51. The lowest BCUT2D eigenvalue weighted by molar-refractivity contribution is -0.133. The molecule has 18 heavy (non-hydrogen) atoms. The van der Waals surface area contributed by atoms with Crippen molar-refractivity contribution in [2.45, 2.75) is 36.7 Å². The summed E-state index contributed by atoms with van der Waals surface area (Å²) in [5.74, 6) is -0.273. The summed E-state index contributed by atoms with van der Waals surface area (Å²) in [5.41, 5.74) is 0. The zero-order chi connectivity index (χ0) is 13.3. The molecule has 2 aliphatic rings. The Kier molecular flexibility index (Phi) is 3.93. The van der Waals surface area contributed by atoms with Crippen molar-refractivity contribution in [3.63, 3.8) is 0 Å². The highest BCUT2D eigenvalue weighted by atomic mass is 32.2. The van der Waals surface area contributed by atoms with Crippen molar-refractivity contribution in [1.29, 1.82) is 0 Å². The Hall–Kier alpha value is -0.660. The van der Waals surface area contributed by atoms with E-state index in [1.54, 1.807) is 7.05 Å². The molecule has 0 aliphatic carbocycles. The number of nitrogens with one attached hydrogen (secondary N) is 1. The lowest BCUT2D eigenvalue weighted by atomic mass is 10.1. The van der Waals surface area contributed by atoms with Crippen LogP contribution in [0.15, 0.2) is 0 Å². The van der Waals surface area contributed by atoms with Crippen LogP contribution < -0.4 is 5.32 Å². The van der Waals surface area contributed by atoms with Crippen LogP contribution in [0.1, 0.15) is 19.3 Å². The Bertz CT molecular complexity index is 423. The van der Waals surface area contributed by atoms with Crippen molar-refractivity contribution >= 4 is 15.7 Å². The van der Waals surface area contributed by atoms with Gasteiger partial charge in [0.2, 0.25) is 5.91 Å². The van der Waals surface area contributed by atoms with Crippen molar-refractivity contribution in [2.24, 2.45) is 0 Å². The molecular formula is C11H20N2O4S. The number of carbonyl (C=O) groups is 1. The first-order valence-electron chi connectivity index (χ1n) is 6.30. The summed E-state index contributed by atoms with van der Waals surface area (Å²) in [7, 11) is -1.73. The molecule has 0 aromatic carbocycles. The van der Waals surface area contributed by atoms with Gasteiger partial charge in [0.1, 0.15) is 5.25 Å². The van der Waals surface area contributed by atoms with E-state index in [1.165, 1.54) is 4.90 Å². The van der Waals surface area contributed by atoms with E-state index >= 15 is 0 Å². The highest BCUT2D eigenvalue weighted by molar-refractivity contribution is 7.92. The fourth-order valence-corrected chi connectivity index (χ4v) is 4.56. The number of amides is 1. The van der Waals surface area contributed by atoms with Gasteiger partial charge in [0.05, 0.1) is 17.9 Å². The van der Waals surface area contributed by atoms with Crippen molar-refractivity contribution in [1.82, 2.24) is 10.2 Å². The van der Waals surface area contributed by atoms with E-state index in [9.17, 15) is 18.3 Å². The number of aliphatic hydroxyl groups excluding tert-OH is 1. The molecule has 2 N–H and O–H groups in total. The third kappa shape index (κ3) is 2.53. The number of rotatable bonds is 2. The molecule has 0 saturated carbocycles. The van der Waals surface area contributed by atoms with Gasteiger partial charge in [-0.15, -0.1) is 0 Å². The van der Waals surface area contributed by atoms with Crippen molar-refractivity contribution in [2.75, 3.05) is 25.9 Å². The summed E-state index contributed by atoms with van der Waals surface area (Å²) in [6.45, 7) is 0.954. The van der Waals surface area contributed by atoms with Gasteiger partial charge >= 0.3 is 0 Å². The van der Waals surface area contributed by atoms with Gasteiger partial charge in [-0.05, 0) is 12.8 Å². The van der Waals surface area contributed by atoms with Gasteiger partial charge in [0, 0.05) is 20.1 Å². The van der Waals surface area contributed by atoms with Crippen LogP contribution in [0, 0.1) is 0 Å². The Morgan fingerprint density at radius 3 is 2.61 bits per heavy atom. The maximum atomic E-state index is 12.3. The third-order valence-corrected chi connectivity index (χ3v) is 6.01. The molecule has 6 nitrogen and oxygen atoms in total. The third-order valence-electron chi connectivity index (χ3n) is 3.85. The van der Waals surface area contributed by atoms with Crippen LogP contribution in [-0.4, -0.2) is 67.6 Å². The van der Waals surface area contributed by atoms with Crippen LogP contribution in [0.3, 0.4) is 0 Å². The van der Waals surface area contributed by atoms with Gasteiger partial charge in [-0.25, -0.2) is 8.42 Å². The Balaban J connectivity index is 2.10. The molecule has 7 heteroatoms. The van der Waals surface area contributed by atoms with Gasteiger partial charge in [0.15, 0.2) is 9.84 Å². The van der Waals surface area contributed by atoms with Crippen molar-refractivity contribution < 1.29 is 18.3 Å². The van der Waals surface area contributed by atoms with Crippen LogP contribution in [0.25, 0.3) is 0 Å². The monoisotopic (exact) mass is 276 g/mol. The second kappa shape index (κ2) is 5.14. The largest absolute Gasteiger partial charge is 0.390 e. The number of aliphatic hydroxyl groups is 1. The Morgan fingerprint density at radius 1 is 1.33 bits per heavy atom. The molecule has 0 aromatic heterocycles. The van der Waals surface area contributed by atoms with Crippen molar-refractivity contribution in [3.05, 3.63) is 0 Å². The maximum absolute atomic E-state index is 12.3. The normalized spacial score (nSPS) is 35.3. The molecule has 0 aromatic rings. The summed E-state index contributed by atoms with van der Waals surface area (Å²) >= 11 is 0. The molecule has 1 unspecified atom stereocenters. The van der Waals surface area contributed by atoms with E-state index in [0.29, 0.717) is 25.9 Å². The molecule has 2 heterocycles. The first kappa shape index (κ1) is 13.8. The highest BCUT2D eigenvalue weighted by Crippen LogP contribution is 2.22. The zero-order valence-electron chi connectivity index (χ0n) is 10.5. The van der Waals surface area contributed by atoms with Gasteiger partial charge in [0.25, 0.3) is 0 Å². The number of nitrogens with zero attached hydrogens (tertiary/aromatic N) is 1. The molecule has 104 valence electrons. The molecule has 1 amide bonds. The zero-order valence-corrected chi connectivity index (χ0v) is 11.3. The SMILES string of the molecule is CN(C(=O)C1CCCCS1(=O)=O)[C@@H]1CNC[C@H]1O. The van der Waals surface area contributed by atoms with Gasteiger partial charge < -0.3 is 15.3 Å². The van der Waals surface area contributed by atoms with Gasteiger partial charge in [-0.2, -0.15) is 0 Å². The molecular weight excluding hydrogens is 256 g/mol. The Morgan fingerprint density at radius 2 is 2.06 bits per heavy atom. The number of hydrogen-bond donors (Lipinski definition) is 2. The molecule has 0 spiro atoms. The Labute approximate surface area is 107 Å². The smallest absolute Gasteiger partial charge is 0.241 e. The number of β-amino-alcohol motifs (C(OH)–C–C–N with tert-alkyl or cyclic N) is 1. The molecule has 0 radical (unpaired) electrons. The molecule has 2 aliphatic heterocycles. The van der Waals surface area contributed by atoms with Crippen LogP contribution in [0.4, 0.5) is 0 Å². The predicted molar refractivity (Wildman–Crippen MR) is 66.9 cm³/mol. The van der Waals surface area contributed by atoms with E-state index in [-0.39, 0.29) is 17.7 Å². The summed E-state index contributed by atoms with van der Waals surface area (Å²) < 4.78 is 23.8. The average molecular weight is 276 g/mol. The lowest BCUT2D eigenvalue weighted by Gasteiger charge is -2.31. The number of likely N-dealkylation sites (N-methyl/N-ethyl adjacent to an activating group) is 1. The van der Waals surface area contributed by atoms with Crippen LogP contribution in [0.5, 0.6) is 0 Å². The van der Waals surface area contributed by atoms with Crippen LogP contribution in [-0.2, 0) is 14.6 Å². The highest BCUT2D eigenvalue weighted by Gasteiger charge is 2.40. The summed E-state index contributed by atoms with van der Waals surface area (Å²) in [6.07, 6.45) is 1.20. The standard InChI is InChI=1S/C11H20N2O4S/c1-13(8-6-12-7-9(8)14)11(15)10-4-2-3-5-18(10,16)17/h8-10,12,14H,2-7H2,1H3/t8-,9-,10?/m1/s1. The molecule has 3 atom stereocenters. The number of hydrogen-bond acceptors (Lipinski definition) is 5. The summed E-state index contributed by atoms with van der Waals surface area (Å²) in [6, 6.07) is -0.324. The van der Waals surface area contributed by atoms with Crippen molar-refractivity contribution in [3.8, 4) is 0 Å². The molecule has 2 rings (SSSR count). The van der Waals surface area contributed by atoms with E-state index in [0.717, 1.165) is 6.42 Å². The fraction of sp³-hybridized carbons (Fsp3) is 0.909. The second-order valence-electron chi connectivity index (χ2n) is 5.09. The molecule has 2 saturated heterocycles. The van der Waals surface area contributed by atoms with Gasteiger partial charge in [-0.1, -0.05) is 6.42 Å². The number of sulfone groups is 1. The fourth-order valence-electron chi connectivity index (χ4n) is 2.67. The minimum Gasteiger partial charge on any atom is -0.390 e. The van der Waals surface area contributed by atoms with E-state index in [4.69, 9.17) is 0 Å². The second-order valence-corrected chi connectivity index (χ2v) is 7.40. The summed E-state index contributed by atoms with van der Waals surface area (Å²) in [4.78, 5) is 13.7. The quantitative estimate of drug-likeness (QED) is 0.658. The number of carbonyl (C=O) groups excluding carboxylic acids is 1. The minimum absolute atomic E-state index is 0.0999. The topological polar surface area (TPSA) is 86.7 Å². The van der Waals surface area contributed by atoms with E-state index in [2.05, 4.69) is 5.32 Å². The van der Waals surface area contributed by atoms with E-state index < -0.39 is 21.2 Å². The van der Waals surface area contributed by atoms with Crippen LogP contribution >= 0.6 is 0 Å². The van der Waals surface area contributed by atoms with Crippen LogP contribution in [0.2, 0.25) is 0 Å². The molecule has 0 bridgehead atoms. The minimum atomic E-state index is -3.31. The first-order chi connectivity index (χ1) is 8.43. The van der Waals surface area contributed by atoms with E-state index in [1.807, 2.05) is 0 Å². The predicted octanol–water partition coefficient (Wildman–Crippen LogP) is -1.26.